The number of Topliss-reactive ketones (excluding diaryl/α,β-unsaturated/α-hetero) is 2. The summed E-state index contributed by atoms with van der Waals surface area (Å²) in [4.78, 5) is 36.9. The minimum Gasteiger partial charge on any atom is -0.493 e. The molecule has 32 heavy (non-hydrogen) atoms. The molecule has 2 aromatic rings. The summed E-state index contributed by atoms with van der Waals surface area (Å²) in [5.74, 6) is -2.95. The molecule has 0 aliphatic heterocycles. The van der Waals surface area contributed by atoms with Gasteiger partial charge in [0.05, 0.1) is 19.8 Å². The fourth-order valence-electron chi connectivity index (χ4n) is 3.71. The van der Waals surface area contributed by atoms with Crippen LogP contribution in [0.1, 0.15) is 48.0 Å². The molecule has 1 saturated carbocycles. The number of aliphatic carboxylic acids is 1. The van der Waals surface area contributed by atoms with Crippen LogP contribution in [0.15, 0.2) is 48.5 Å². The lowest BCUT2D eigenvalue weighted by Crippen LogP contribution is -2.29. The van der Waals surface area contributed by atoms with Gasteiger partial charge in [-0.05, 0) is 49.4 Å². The molecular weight excluding hydrogens is 412 g/mol. The lowest BCUT2D eigenvalue weighted by molar-refractivity contribution is -0.147. The van der Waals surface area contributed by atoms with Crippen LogP contribution in [0.5, 0.6) is 11.5 Å². The van der Waals surface area contributed by atoms with Crippen LogP contribution < -0.4 is 9.47 Å². The van der Waals surface area contributed by atoms with Crippen LogP contribution in [0, 0.1) is 5.92 Å². The first kappa shape index (κ1) is 23.5. The van der Waals surface area contributed by atoms with Crippen LogP contribution >= 0.6 is 0 Å². The Balaban J connectivity index is 1.63. The van der Waals surface area contributed by atoms with Gasteiger partial charge in [-0.15, -0.1) is 0 Å². The highest BCUT2D eigenvalue weighted by Gasteiger charge is 2.30. The van der Waals surface area contributed by atoms with Gasteiger partial charge in [0.15, 0.2) is 23.1 Å². The van der Waals surface area contributed by atoms with Gasteiger partial charge in [-0.2, -0.15) is 0 Å². The van der Waals surface area contributed by atoms with E-state index in [1.165, 1.54) is 7.11 Å². The molecule has 1 aliphatic rings. The lowest BCUT2D eigenvalue weighted by Gasteiger charge is -2.17. The van der Waals surface area contributed by atoms with Gasteiger partial charge in [-0.1, -0.05) is 30.3 Å². The van der Waals surface area contributed by atoms with E-state index in [0.717, 1.165) is 31.2 Å². The molecule has 2 aromatic carbocycles. The SMILES string of the molecule is COc1ccc(C(=O)CC(C(=O)O)C(=O)COCc2ccccc2)cc1OC1CCCC1. The van der Waals surface area contributed by atoms with Crippen molar-refractivity contribution in [3.63, 3.8) is 0 Å². The second-order valence-corrected chi connectivity index (χ2v) is 7.85. The molecule has 1 fully saturated rings. The van der Waals surface area contributed by atoms with Crippen LogP contribution in [0.2, 0.25) is 0 Å². The fourth-order valence-corrected chi connectivity index (χ4v) is 3.71. The maximum Gasteiger partial charge on any atom is 0.314 e. The number of carbonyl (C=O) groups is 3. The van der Waals surface area contributed by atoms with Crippen molar-refractivity contribution in [1.29, 1.82) is 0 Å². The zero-order chi connectivity index (χ0) is 22.9. The molecule has 1 atom stereocenters. The van der Waals surface area contributed by atoms with Gasteiger partial charge in [0.25, 0.3) is 0 Å². The summed E-state index contributed by atoms with van der Waals surface area (Å²) in [6.45, 7) is -0.189. The molecule has 1 N–H and O–H groups in total. The number of carboxylic acid groups (broad SMARTS) is 1. The topological polar surface area (TPSA) is 99.1 Å². The number of carbonyl (C=O) groups excluding carboxylic acids is 2. The van der Waals surface area contributed by atoms with Crippen LogP contribution in [0.25, 0.3) is 0 Å². The predicted molar refractivity (Wildman–Crippen MR) is 117 cm³/mol. The monoisotopic (exact) mass is 440 g/mol. The van der Waals surface area contributed by atoms with E-state index >= 15 is 0 Å². The van der Waals surface area contributed by atoms with Crippen molar-refractivity contribution in [3.8, 4) is 11.5 Å². The molecule has 0 spiro atoms. The smallest absolute Gasteiger partial charge is 0.314 e. The van der Waals surface area contributed by atoms with Gasteiger partial charge < -0.3 is 19.3 Å². The first-order valence-electron chi connectivity index (χ1n) is 10.7. The van der Waals surface area contributed by atoms with E-state index in [4.69, 9.17) is 14.2 Å². The summed E-state index contributed by atoms with van der Waals surface area (Å²) >= 11 is 0. The maximum atomic E-state index is 12.8. The van der Waals surface area contributed by atoms with Gasteiger partial charge in [0, 0.05) is 12.0 Å². The van der Waals surface area contributed by atoms with E-state index in [1.54, 1.807) is 18.2 Å². The molecule has 0 saturated heterocycles. The summed E-state index contributed by atoms with van der Waals surface area (Å²) in [5.41, 5.74) is 1.15. The number of carboxylic acids is 1. The molecular formula is C25H28O7. The van der Waals surface area contributed by atoms with E-state index < -0.39 is 29.9 Å². The van der Waals surface area contributed by atoms with Gasteiger partial charge in [0.2, 0.25) is 0 Å². The number of rotatable bonds is 12. The molecule has 0 bridgehead atoms. The predicted octanol–water partition coefficient (Wildman–Crippen LogP) is 4.08. The highest BCUT2D eigenvalue weighted by Crippen LogP contribution is 2.33. The summed E-state index contributed by atoms with van der Waals surface area (Å²) in [5, 5.41) is 9.51. The Morgan fingerprint density at radius 2 is 1.75 bits per heavy atom. The number of benzene rings is 2. The first-order valence-corrected chi connectivity index (χ1v) is 10.7. The number of methoxy groups -OCH3 is 1. The Labute approximate surface area is 187 Å². The average Bonchev–Trinajstić information content (AvgIpc) is 3.30. The maximum absolute atomic E-state index is 12.8. The molecule has 3 rings (SSSR count). The number of ether oxygens (including phenoxy) is 3. The third-order valence-corrected chi connectivity index (χ3v) is 5.51. The molecule has 7 nitrogen and oxygen atoms in total. The summed E-state index contributed by atoms with van der Waals surface area (Å²) in [7, 11) is 1.52. The van der Waals surface area contributed by atoms with E-state index in [2.05, 4.69) is 0 Å². The quantitative estimate of drug-likeness (QED) is 0.392. The minimum atomic E-state index is -1.47. The number of ketones is 2. The average molecular weight is 440 g/mol. The van der Waals surface area contributed by atoms with Crippen molar-refractivity contribution in [1.82, 2.24) is 0 Å². The zero-order valence-corrected chi connectivity index (χ0v) is 18.1. The molecule has 0 amide bonds. The van der Waals surface area contributed by atoms with Gasteiger partial charge in [-0.25, -0.2) is 0 Å². The first-order chi connectivity index (χ1) is 15.5. The molecule has 1 aliphatic carbocycles. The third kappa shape index (κ3) is 6.40. The molecule has 170 valence electrons. The van der Waals surface area contributed by atoms with Crippen molar-refractivity contribution in [2.75, 3.05) is 13.7 Å². The van der Waals surface area contributed by atoms with Gasteiger partial charge >= 0.3 is 5.97 Å². The van der Waals surface area contributed by atoms with Crippen LogP contribution in [-0.2, 0) is 20.9 Å². The van der Waals surface area contributed by atoms with Gasteiger partial charge in [0.1, 0.15) is 12.5 Å². The van der Waals surface area contributed by atoms with Crippen molar-refractivity contribution in [2.24, 2.45) is 5.92 Å². The molecule has 1 unspecified atom stereocenters. The lowest BCUT2D eigenvalue weighted by atomic mass is 9.94. The molecule has 0 heterocycles. The standard InChI is InChI=1S/C25H28O7/c1-30-23-12-11-18(13-24(23)32-19-9-5-6-10-19)21(26)14-20(25(28)29)22(27)16-31-15-17-7-3-2-4-8-17/h2-4,7-8,11-13,19-20H,5-6,9-10,14-16H2,1H3,(H,28,29). The Hall–Kier alpha value is -3.19. The molecule has 7 heteroatoms. The Kier molecular flexibility index (Phi) is 8.39. The second kappa shape index (κ2) is 11.4. The summed E-state index contributed by atoms with van der Waals surface area (Å²) < 4.78 is 16.7. The normalized spacial score (nSPS) is 14.7. The molecule has 0 radical (unpaired) electrons. The third-order valence-electron chi connectivity index (χ3n) is 5.51. The van der Waals surface area contributed by atoms with Crippen molar-refractivity contribution in [3.05, 3.63) is 59.7 Å². The van der Waals surface area contributed by atoms with Crippen LogP contribution in [0.3, 0.4) is 0 Å². The summed E-state index contributed by atoms with van der Waals surface area (Å²) in [6, 6.07) is 14.0. The van der Waals surface area contributed by atoms with Crippen LogP contribution in [0.4, 0.5) is 0 Å². The Morgan fingerprint density at radius 1 is 1.03 bits per heavy atom. The van der Waals surface area contributed by atoms with E-state index in [1.807, 2.05) is 30.3 Å². The number of hydrogen-bond donors (Lipinski definition) is 1. The largest absolute Gasteiger partial charge is 0.493 e. The second-order valence-electron chi connectivity index (χ2n) is 7.85. The van der Waals surface area contributed by atoms with Crippen molar-refractivity contribution in [2.45, 2.75) is 44.8 Å². The van der Waals surface area contributed by atoms with E-state index in [-0.39, 0.29) is 24.9 Å². The minimum absolute atomic E-state index is 0.0735. The van der Waals surface area contributed by atoms with Crippen molar-refractivity contribution >= 4 is 17.5 Å². The Bertz CT molecular complexity index is 933. The van der Waals surface area contributed by atoms with Crippen molar-refractivity contribution < 1.29 is 33.7 Å². The molecule has 0 aromatic heterocycles. The fraction of sp³-hybridized carbons (Fsp3) is 0.400. The Morgan fingerprint density at radius 3 is 2.41 bits per heavy atom. The highest BCUT2D eigenvalue weighted by atomic mass is 16.5. The van der Waals surface area contributed by atoms with E-state index in [0.29, 0.717) is 11.5 Å². The number of hydrogen-bond acceptors (Lipinski definition) is 6. The van der Waals surface area contributed by atoms with Gasteiger partial charge in [-0.3, -0.25) is 14.4 Å². The van der Waals surface area contributed by atoms with E-state index in [9.17, 15) is 19.5 Å². The highest BCUT2D eigenvalue weighted by molar-refractivity contribution is 6.06. The summed E-state index contributed by atoms with van der Waals surface area (Å²) in [6.07, 6.45) is 3.71. The van der Waals surface area contributed by atoms with Crippen LogP contribution in [-0.4, -0.2) is 42.5 Å². The zero-order valence-electron chi connectivity index (χ0n) is 18.1.